The van der Waals surface area contributed by atoms with Crippen molar-refractivity contribution in [2.24, 2.45) is 0 Å². The fraction of sp³-hybridized carbons (Fsp3) is 0.880. The second-order valence-electron chi connectivity index (χ2n) is 7.84. The largest absolute Gasteiger partial charge is 0.379 e. The standard InChI is InChI=1S/C25H45NO9/c1-2-8-28-10-12-30-14-16-32-18-20-34-22-23-35-21-19-33-17-15-31-13-11-29-9-7-25(27)26-24-5-3-4-6-24/h1,24H,3-23H2,(H,26,27). The third-order valence-electron chi connectivity index (χ3n) is 4.98. The molecule has 1 rings (SSSR count). The average molecular weight is 504 g/mol. The van der Waals surface area contributed by atoms with E-state index in [1.54, 1.807) is 0 Å². The van der Waals surface area contributed by atoms with Gasteiger partial charge in [0.1, 0.15) is 6.61 Å². The topological polar surface area (TPSA) is 103 Å². The van der Waals surface area contributed by atoms with Crippen LogP contribution in [0, 0.1) is 12.3 Å². The molecule has 1 aliphatic rings. The fourth-order valence-electron chi connectivity index (χ4n) is 3.21. The Hall–Kier alpha value is -1.29. The van der Waals surface area contributed by atoms with E-state index in [0.717, 1.165) is 12.8 Å². The molecule has 1 fully saturated rings. The molecule has 0 spiro atoms. The van der Waals surface area contributed by atoms with E-state index in [0.29, 0.717) is 118 Å². The maximum atomic E-state index is 11.8. The molecule has 204 valence electrons. The van der Waals surface area contributed by atoms with Gasteiger partial charge in [0.15, 0.2) is 0 Å². The zero-order chi connectivity index (χ0) is 25.1. The van der Waals surface area contributed by atoms with Gasteiger partial charge in [0.05, 0.1) is 99.1 Å². The van der Waals surface area contributed by atoms with Crippen LogP contribution in [0.25, 0.3) is 0 Å². The molecule has 0 heterocycles. The number of ether oxygens (including phenoxy) is 8. The molecular weight excluding hydrogens is 458 g/mol. The van der Waals surface area contributed by atoms with Crippen LogP contribution in [0.3, 0.4) is 0 Å². The first-order valence-electron chi connectivity index (χ1n) is 12.7. The molecule has 35 heavy (non-hydrogen) atoms. The van der Waals surface area contributed by atoms with Gasteiger partial charge in [0.25, 0.3) is 0 Å². The molecule has 10 heteroatoms. The van der Waals surface area contributed by atoms with E-state index in [-0.39, 0.29) is 5.91 Å². The van der Waals surface area contributed by atoms with Crippen LogP contribution in [0.1, 0.15) is 32.1 Å². The van der Waals surface area contributed by atoms with E-state index < -0.39 is 0 Å². The minimum atomic E-state index is 0.0749. The fourth-order valence-corrected chi connectivity index (χ4v) is 3.21. The van der Waals surface area contributed by atoms with Crippen molar-refractivity contribution in [3.8, 4) is 12.3 Å². The van der Waals surface area contributed by atoms with Gasteiger partial charge >= 0.3 is 0 Å². The number of carbonyl (C=O) groups excluding carboxylic acids is 1. The second-order valence-corrected chi connectivity index (χ2v) is 7.84. The van der Waals surface area contributed by atoms with Crippen LogP contribution < -0.4 is 5.32 Å². The van der Waals surface area contributed by atoms with Gasteiger partial charge in [-0.25, -0.2) is 0 Å². The summed E-state index contributed by atoms with van der Waals surface area (Å²) in [7, 11) is 0. The molecule has 1 saturated carbocycles. The van der Waals surface area contributed by atoms with E-state index in [4.69, 9.17) is 44.3 Å². The van der Waals surface area contributed by atoms with Gasteiger partial charge in [0.2, 0.25) is 5.91 Å². The van der Waals surface area contributed by atoms with Gasteiger partial charge in [-0.3, -0.25) is 4.79 Å². The summed E-state index contributed by atoms with van der Waals surface area (Å²) in [5.74, 6) is 2.47. The molecule has 0 atom stereocenters. The molecule has 0 aromatic rings. The van der Waals surface area contributed by atoms with Gasteiger partial charge < -0.3 is 43.2 Å². The van der Waals surface area contributed by atoms with Crippen molar-refractivity contribution in [2.75, 3.05) is 106 Å². The quantitative estimate of drug-likeness (QED) is 0.138. The highest BCUT2D eigenvalue weighted by Gasteiger charge is 2.16. The molecule has 0 unspecified atom stereocenters. The molecule has 0 aromatic carbocycles. The zero-order valence-corrected chi connectivity index (χ0v) is 21.2. The maximum Gasteiger partial charge on any atom is 0.222 e. The number of carbonyl (C=O) groups is 1. The third-order valence-corrected chi connectivity index (χ3v) is 4.98. The number of hydrogen-bond acceptors (Lipinski definition) is 9. The Labute approximate surface area is 210 Å². The summed E-state index contributed by atoms with van der Waals surface area (Å²) in [6.07, 6.45) is 10.1. The maximum absolute atomic E-state index is 11.8. The molecule has 1 amide bonds. The van der Waals surface area contributed by atoms with Crippen LogP contribution in [0.4, 0.5) is 0 Å². The summed E-state index contributed by atoms with van der Waals surface area (Å²) in [5.41, 5.74) is 0. The lowest BCUT2D eigenvalue weighted by atomic mass is 10.2. The van der Waals surface area contributed by atoms with E-state index in [2.05, 4.69) is 11.2 Å². The van der Waals surface area contributed by atoms with Crippen molar-refractivity contribution < 1.29 is 42.7 Å². The first kappa shape index (κ1) is 31.7. The number of nitrogens with one attached hydrogen (secondary N) is 1. The van der Waals surface area contributed by atoms with Crippen LogP contribution in [-0.2, 0) is 42.7 Å². The summed E-state index contributed by atoms with van der Waals surface area (Å²) in [5, 5.41) is 3.05. The van der Waals surface area contributed by atoms with Gasteiger partial charge in [-0.05, 0) is 12.8 Å². The monoisotopic (exact) mass is 503 g/mol. The Morgan fingerprint density at radius 1 is 0.600 bits per heavy atom. The van der Waals surface area contributed by atoms with Gasteiger partial charge in [0, 0.05) is 12.5 Å². The second kappa shape index (κ2) is 25.8. The molecular formula is C25H45NO9. The summed E-state index contributed by atoms with van der Waals surface area (Å²) < 4.78 is 43.0. The Balaban J connectivity index is 1.64. The van der Waals surface area contributed by atoms with Gasteiger partial charge in [-0.1, -0.05) is 18.8 Å². The lowest BCUT2D eigenvalue weighted by Crippen LogP contribution is -2.33. The molecule has 1 aliphatic carbocycles. The molecule has 0 aromatic heterocycles. The molecule has 0 saturated heterocycles. The highest BCUT2D eigenvalue weighted by molar-refractivity contribution is 5.76. The van der Waals surface area contributed by atoms with E-state index in [1.165, 1.54) is 12.8 Å². The van der Waals surface area contributed by atoms with Crippen LogP contribution in [0.2, 0.25) is 0 Å². The predicted octanol–water partition coefficient (Wildman–Crippen LogP) is 1.20. The molecule has 0 bridgehead atoms. The van der Waals surface area contributed by atoms with Gasteiger partial charge in [-0.2, -0.15) is 0 Å². The summed E-state index contributed by atoms with van der Waals surface area (Å²) >= 11 is 0. The van der Waals surface area contributed by atoms with Crippen molar-refractivity contribution in [3.05, 3.63) is 0 Å². The van der Waals surface area contributed by atoms with E-state index >= 15 is 0 Å². The van der Waals surface area contributed by atoms with Gasteiger partial charge in [-0.15, -0.1) is 6.42 Å². The number of hydrogen-bond donors (Lipinski definition) is 1. The molecule has 1 N–H and O–H groups in total. The van der Waals surface area contributed by atoms with Crippen LogP contribution in [0.5, 0.6) is 0 Å². The van der Waals surface area contributed by atoms with Crippen molar-refractivity contribution in [1.29, 1.82) is 0 Å². The lowest BCUT2D eigenvalue weighted by Gasteiger charge is -2.11. The Bertz CT molecular complexity index is 510. The minimum Gasteiger partial charge on any atom is -0.379 e. The van der Waals surface area contributed by atoms with E-state index in [9.17, 15) is 4.79 Å². The molecule has 0 radical (unpaired) electrons. The highest BCUT2D eigenvalue weighted by Crippen LogP contribution is 2.17. The number of rotatable bonds is 26. The minimum absolute atomic E-state index is 0.0749. The van der Waals surface area contributed by atoms with Crippen LogP contribution in [-0.4, -0.2) is 118 Å². The number of amides is 1. The molecule has 0 aliphatic heterocycles. The average Bonchev–Trinajstić information content (AvgIpc) is 3.37. The Morgan fingerprint density at radius 2 is 0.943 bits per heavy atom. The smallest absolute Gasteiger partial charge is 0.222 e. The molecule has 10 nitrogen and oxygen atoms in total. The highest BCUT2D eigenvalue weighted by atomic mass is 16.6. The van der Waals surface area contributed by atoms with Crippen LogP contribution in [0.15, 0.2) is 0 Å². The predicted molar refractivity (Wildman–Crippen MR) is 130 cm³/mol. The summed E-state index contributed by atoms with van der Waals surface area (Å²) in [4.78, 5) is 11.8. The van der Waals surface area contributed by atoms with E-state index in [1.807, 2.05) is 0 Å². The summed E-state index contributed by atoms with van der Waals surface area (Å²) in [6, 6.07) is 0.364. The Morgan fingerprint density at radius 3 is 1.31 bits per heavy atom. The van der Waals surface area contributed by atoms with Crippen molar-refractivity contribution in [2.45, 2.75) is 38.1 Å². The van der Waals surface area contributed by atoms with Crippen molar-refractivity contribution >= 4 is 5.91 Å². The van der Waals surface area contributed by atoms with Crippen molar-refractivity contribution in [1.82, 2.24) is 5.32 Å². The Kier molecular flexibility index (Phi) is 23.4. The van der Waals surface area contributed by atoms with Crippen LogP contribution >= 0.6 is 0 Å². The zero-order valence-electron chi connectivity index (χ0n) is 21.2. The normalized spacial score (nSPS) is 13.8. The lowest BCUT2D eigenvalue weighted by molar-refractivity contribution is -0.123. The third kappa shape index (κ3) is 22.9. The summed E-state index contributed by atoms with van der Waals surface area (Å²) in [6.45, 7) is 7.79. The SMILES string of the molecule is C#CCOCCOCCOCCOCCOCCOCCOCCOCCC(=O)NC1CCCC1. The first-order valence-corrected chi connectivity index (χ1v) is 12.7. The number of terminal acetylenes is 1. The van der Waals surface area contributed by atoms with Crippen molar-refractivity contribution in [3.63, 3.8) is 0 Å². The first-order chi connectivity index (χ1) is 17.3.